The third-order valence-corrected chi connectivity index (χ3v) is 1.96. The van der Waals surface area contributed by atoms with Gasteiger partial charge in [-0.1, -0.05) is 24.1 Å². The van der Waals surface area contributed by atoms with Gasteiger partial charge < -0.3 is 10.5 Å². The molecule has 0 atom stereocenters. The Bertz CT molecular complexity index is 399. The molecule has 0 amide bonds. The summed E-state index contributed by atoms with van der Waals surface area (Å²) in [5, 5.41) is 0. The Labute approximate surface area is 90.7 Å². The van der Waals surface area contributed by atoms with Gasteiger partial charge in [-0.05, 0) is 19.4 Å². The number of nitrogens with two attached hydrogens (primary N) is 1. The maximum atomic E-state index is 5.83. The average Bonchev–Trinajstić information content (AvgIpc) is 2.23. The van der Waals surface area contributed by atoms with Gasteiger partial charge in [-0.15, -0.1) is 12.5 Å². The van der Waals surface area contributed by atoms with E-state index in [1.165, 1.54) is 0 Å². The van der Waals surface area contributed by atoms with Gasteiger partial charge >= 0.3 is 0 Å². The zero-order valence-electron chi connectivity index (χ0n) is 8.92. The van der Waals surface area contributed by atoms with Gasteiger partial charge in [-0.3, -0.25) is 0 Å². The molecule has 15 heavy (non-hydrogen) atoms. The van der Waals surface area contributed by atoms with Gasteiger partial charge in [0.25, 0.3) is 0 Å². The normalized spacial score (nSPS) is 8.87. The highest BCUT2D eigenvalue weighted by Gasteiger charge is 2.05. The second-order valence-corrected chi connectivity index (χ2v) is 3.04. The Kier molecular flexibility index (Phi) is 4.30. The molecule has 2 nitrogen and oxygen atoms in total. The van der Waals surface area contributed by atoms with Crippen LogP contribution in [-0.4, -0.2) is 6.61 Å². The average molecular weight is 201 g/mol. The minimum absolute atomic E-state index is 0.370. The molecule has 78 valence electrons. The lowest BCUT2D eigenvalue weighted by atomic mass is 10.1. The first-order chi connectivity index (χ1) is 7.29. The number of ether oxygens (including phenoxy) is 1. The van der Waals surface area contributed by atoms with Crippen molar-refractivity contribution >= 4 is 5.69 Å². The molecule has 0 saturated heterocycles. The highest BCUT2D eigenvalue weighted by atomic mass is 16.5. The summed E-state index contributed by atoms with van der Waals surface area (Å²) >= 11 is 0. The number of hydrogen-bond donors (Lipinski definition) is 1. The number of hydrogen-bond acceptors (Lipinski definition) is 2. The maximum Gasteiger partial charge on any atom is 0.149 e. The van der Waals surface area contributed by atoms with E-state index in [9.17, 15) is 0 Å². The van der Waals surface area contributed by atoms with Crippen LogP contribution in [0.25, 0.3) is 0 Å². The number of anilines is 1. The molecular weight excluding hydrogens is 186 g/mol. The number of nitrogen functional groups attached to an aromatic ring is 1. The van der Waals surface area contributed by atoms with Crippen molar-refractivity contribution in [3.63, 3.8) is 0 Å². The second kappa shape index (κ2) is 5.77. The summed E-state index contributed by atoms with van der Waals surface area (Å²) in [6.45, 7) is 5.85. The predicted octanol–water partition coefficient (Wildman–Crippen LogP) is 2.40. The molecule has 0 aliphatic rings. The van der Waals surface area contributed by atoms with Crippen molar-refractivity contribution in [3.8, 4) is 17.6 Å². The molecule has 0 aromatic heterocycles. The molecular formula is C13H15NO. The van der Waals surface area contributed by atoms with E-state index in [1.54, 1.807) is 6.92 Å². The molecule has 0 unspecified atom stereocenters. The summed E-state index contributed by atoms with van der Waals surface area (Å²) in [6, 6.07) is 5.71. The number of para-hydroxylation sites is 1. The van der Waals surface area contributed by atoms with Crippen LogP contribution in [-0.2, 0) is 6.42 Å². The van der Waals surface area contributed by atoms with Gasteiger partial charge in [0.2, 0.25) is 0 Å². The van der Waals surface area contributed by atoms with Crippen LogP contribution in [0.4, 0.5) is 5.69 Å². The fourth-order valence-corrected chi connectivity index (χ4v) is 1.28. The van der Waals surface area contributed by atoms with Crippen molar-refractivity contribution in [2.45, 2.75) is 13.3 Å². The zero-order valence-corrected chi connectivity index (χ0v) is 8.92. The standard InChI is InChI=1S/C13H15NO/c1-3-5-10-15-13-11(7-4-2)8-6-9-12(13)14/h4,6,8-9H,2,7,10,14H2,1H3. The van der Waals surface area contributed by atoms with E-state index in [4.69, 9.17) is 10.5 Å². The first-order valence-electron chi connectivity index (χ1n) is 4.80. The molecule has 0 fully saturated rings. The SMILES string of the molecule is C=CCc1cccc(N)c1OCC#CC. The van der Waals surface area contributed by atoms with Crippen LogP contribution >= 0.6 is 0 Å². The van der Waals surface area contributed by atoms with Crippen molar-refractivity contribution in [1.82, 2.24) is 0 Å². The molecule has 0 radical (unpaired) electrons. The molecule has 0 aliphatic carbocycles. The van der Waals surface area contributed by atoms with Gasteiger partial charge in [0.15, 0.2) is 0 Å². The minimum atomic E-state index is 0.370. The van der Waals surface area contributed by atoms with E-state index in [1.807, 2.05) is 24.3 Å². The van der Waals surface area contributed by atoms with E-state index in [2.05, 4.69) is 18.4 Å². The number of allylic oxidation sites excluding steroid dienone is 1. The van der Waals surface area contributed by atoms with Crippen molar-refractivity contribution in [2.24, 2.45) is 0 Å². The van der Waals surface area contributed by atoms with Crippen LogP contribution in [0.5, 0.6) is 5.75 Å². The van der Waals surface area contributed by atoms with E-state index >= 15 is 0 Å². The minimum Gasteiger partial charge on any atom is -0.478 e. The molecule has 0 aliphatic heterocycles. The molecule has 0 bridgehead atoms. The highest BCUT2D eigenvalue weighted by Crippen LogP contribution is 2.26. The van der Waals surface area contributed by atoms with E-state index in [0.29, 0.717) is 12.3 Å². The number of rotatable bonds is 4. The Morgan fingerprint density at radius 1 is 1.53 bits per heavy atom. The van der Waals surface area contributed by atoms with Crippen molar-refractivity contribution in [3.05, 3.63) is 36.4 Å². The largest absolute Gasteiger partial charge is 0.478 e. The third-order valence-electron chi connectivity index (χ3n) is 1.96. The van der Waals surface area contributed by atoms with E-state index in [-0.39, 0.29) is 0 Å². The van der Waals surface area contributed by atoms with Crippen molar-refractivity contribution < 1.29 is 4.74 Å². The summed E-state index contributed by atoms with van der Waals surface area (Å²) < 4.78 is 5.51. The molecule has 1 aromatic carbocycles. The van der Waals surface area contributed by atoms with E-state index in [0.717, 1.165) is 17.7 Å². The lowest BCUT2D eigenvalue weighted by molar-refractivity contribution is 0.369. The van der Waals surface area contributed by atoms with E-state index < -0.39 is 0 Å². The summed E-state index contributed by atoms with van der Waals surface area (Å²) in [6.07, 6.45) is 2.58. The monoisotopic (exact) mass is 201 g/mol. The molecule has 0 saturated carbocycles. The lowest BCUT2D eigenvalue weighted by Crippen LogP contribution is -2.01. The molecule has 2 N–H and O–H groups in total. The first kappa shape index (κ1) is 11.2. The topological polar surface area (TPSA) is 35.2 Å². The third kappa shape index (κ3) is 3.07. The molecule has 1 rings (SSSR count). The quantitative estimate of drug-likeness (QED) is 0.461. The smallest absolute Gasteiger partial charge is 0.149 e. The fraction of sp³-hybridized carbons (Fsp3) is 0.231. The van der Waals surface area contributed by atoms with Crippen LogP contribution in [0.2, 0.25) is 0 Å². The van der Waals surface area contributed by atoms with Crippen molar-refractivity contribution in [2.75, 3.05) is 12.3 Å². The van der Waals surface area contributed by atoms with Crippen LogP contribution < -0.4 is 10.5 Å². The zero-order chi connectivity index (χ0) is 11.1. The highest BCUT2D eigenvalue weighted by molar-refractivity contribution is 5.57. The summed E-state index contributed by atoms with van der Waals surface area (Å²) in [4.78, 5) is 0. The Hall–Kier alpha value is -1.88. The van der Waals surface area contributed by atoms with Gasteiger partial charge in [0, 0.05) is 5.56 Å². The van der Waals surface area contributed by atoms with Crippen LogP contribution in [0.15, 0.2) is 30.9 Å². The molecule has 1 aromatic rings. The maximum absolute atomic E-state index is 5.83. The molecule has 2 heteroatoms. The molecule has 0 heterocycles. The van der Waals surface area contributed by atoms with Gasteiger partial charge in [0.05, 0.1) is 5.69 Å². The molecule has 0 spiro atoms. The summed E-state index contributed by atoms with van der Waals surface area (Å²) in [7, 11) is 0. The van der Waals surface area contributed by atoms with Gasteiger partial charge in [0.1, 0.15) is 12.4 Å². The predicted molar refractivity (Wildman–Crippen MR) is 63.7 cm³/mol. The Morgan fingerprint density at radius 3 is 3.00 bits per heavy atom. The van der Waals surface area contributed by atoms with Crippen molar-refractivity contribution in [1.29, 1.82) is 0 Å². The number of benzene rings is 1. The van der Waals surface area contributed by atoms with Gasteiger partial charge in [-0.2, -0.15) is 0 Å². The summed E-state index contributed by atoms with van der Waals surface area (Å²) in [5.41, 5.74) is 7.52. The van der Waals surface area contributed by atoms with Crippen LogP contribution in [0, 0.1) is 11.8 Å². The van der Waals surface area contributed by atoms with Crippen LogP contribution in [0.1, 0.15) is 12.5 Å². The second-order valence-electron chi connectivity index (χ2n) is 3.04. The Balaban J connectivity index is 2.89. The lowest BCUT2D eigenvalue weighted by Gasteiger charge is -2.10. The van der Waals surface area contributed by atoms with Gasteiger partial charge in [-0.25, -0.2) is 0 Å². The first-order valence-corrected chi connectivity index (χ1v) is 4.80. The fourth-order valence-electron chi connectivity index (χ4n) is 1.28. The van der Waals surface area contributed by atoms with Crippen LogP contribution in [0.3, 0.4) is 0 Å². The summed E-state index contributed by atoms with van der Waals surface area (Å²) in [5.74, 6) is 6.33. The Morgan fingerprint density at radius 2 is 2.33 bits per heavy atom.